The van der Waals surface area contributed by atoms with Crippen molar-refractivity contribution in [3.63, 3.8) is 0 Å². The molecule has 0 aliphatic carbocycles. The van der Waals surface area contributed by atoms with Gasteiger partial charge in [0.15, 0.2) is 11.6 Å². The number of Topliss-reactive ketones (excluding diaryl/α,β-unsaturated/α-hetero) is 1. The van der Waals surface area contributed by atoms with Crippen LogP contribution in [0, 0.1) is 11.6 Å². The summed E-state index contributed by atoms with van der Waals surface area (Å²) in [5.41, 5.74) is 1.63. The molecule has 1 atom stereocenters. The van der Waals surface area contributed by atoms with Crippen LogP contribution in [0.5, 0.6) is 5.75 Å². The number of benzene rings is 2. The van der Waals surface area contributed by atoms with Crippen LogP contribution in [0.1, 0.15) is 28.9 Å². The van der Waals surface area contributed by atoms with Gasteiger partial charge in [0.1, 0.15) is 28.6 Å². The van der Waals surface area contributed by atoms with Gasteiger partial charge in [0.05, 0.1) is 37.2 Å². The van der Waals surface area contributed by atoms with E-state index in [1.54, 1.807) is 19.3 Å². The van der Waals surface area contributed by atoms with E-state index in [4.69, 9.17) is 4.74 Å². The molecule has 4 aromatic rings. The minimum Gasteiger partial charge on any atom is -0.496 e. The van der Waals surface area contributed by atoms with Crippen molar-refractivity contribution in [2.75, 3.05) is 25.2 Å². The Labute approximate surface area is 206 Å². The summed E-state index contributed by atoms with van der Waals surface area (Å²) in [6.45, 7) is 0.624. The first-order chi connectivity index (χ1) is 17.4. The highest BCUT2D eigenvalue weighted by atomic mass is 19.1. The van der Waals surface area contributed by atoms with Crippen molar-refractivity contribution in [1.82, 2.24) is 19.7 Å². The third-order valence-corrected chi connectivity index (χ3v) is 6.61. The molecule has 2 aromatic heterocycles. The number of aromatic nitrogens is 4. The first-order valence-electron chi connectivity index (χ1n) is 11.6. The zero-order chi connectivity index (χ0) is 25.4. The molecule has 1 saturated heterocycles. The van der Waals surface area contributed by atoms with E-state index in [0.717, 1.165) is 12.8 Å². The van der Waals surface area contributed by atoms with Gasteiger partial charge < -0.3 is 14.7 Å². The highest BCUT2D eigenvalue weighted by Crippen LogP contribution is 2.37. The maximum Gasteiger partial charge on any atom is 0.185 e. The molecule has 3 heterocycles. The summed E-state index contributed by atoms with van der Waals surface area (Å²) in [6.07, 6.45) is 4.49. The predicted octanol–water partition coefficient (Wildman–Crippen LogP) is 3.70. The normalized spacial score (nSPS) is 15.6. The Bertz CT molecular complexity index is 1460. The number of hydrogen-bond acceptors (Lipinski definition) is 7. The van der Waals surface area contributed by atoms with Gasteiger partial charge in [-0.15, -0.1) is 0 Å². The average molecular weight is 494 g/mol. The van der Waals surface area contributed by atoms with E-state index in [1.807, 2.05) is 4.90 Å². The maximum absolute atomic E-state index is 15.1. The van der Waals surface area contributed by atoms with Crippen LogP contribution < -0.4 is 9.64 Å². The number of aliphatic hydroxyl groups is 1. The van der Waals surface area contributed by atoms with Crippen LogP contribution in [0.4, 0.5) is 14.5 Å². The second-order valence-corrected chi connectivity index (χ2v) is 8.75. The fourth-order valence-corrected chi connectivity index (χ4v) is 4.94. The molecule has 186 valence electrons. The monoisotopic (exact) mass is 493 g/mol. The molecule has 1 N–H and O–H groups in total. The molecule has 0 saturated carbocycles. The number of ketones is 1. The van der Waals surface area contributed by atoms with E-state index in [0.29, 0.717) is 28.7 Å². The molecule has 1 aliphatic heterocycles. The van der Waals surface area contributed by atoms with Gasteiger partial charge in [-0.3, -0.25) is 9.48 Å². The number of aryl methyl sites for hydroxylation is 1. The molecule has 2 aromatic carbocycles. The van der Waals surface area contributed by atoms with E-state index in [-0.39, 0.29) is 47.7 Å². The first kappa shape index (κ1) is 23.8. The molecule has 10 heteroatoms. The second-order valence-electron chi connectivity index (χ2n) is 8.75. The number of halogens is 2. The van der Waals surface area contributed by atoms with E-state index in [9.17, 15) is 14.3 Å². The molecule has 36 heavy (non-hydrogen) atoms. The largest absolute Gasteiger partial charge is 0.496 e. The lowest BCUT2D eigenvalue weighted by Crippen LogP contribution is -2.33. The third-order valence-electron chi connectivity index (χ3n) is 6.61. The van der Waals surface area contributed by atoms with E-state index < -0.39 is 11.6 Å². The van der Waals surface area contributed by atoms with Crippen LogP contribution in [0.3, 0.4) is 0 Å². The maximum atomic E-state index is 15.1. The number of ether oxygens (including phenoxy) is 1. The number of methoxy groups -OCH3 is 1. The highest BCUT2D eigenvalue weighted by molar-refractivity contribution is 6.00. The molecular formula is C26H25F2N5O3. The predicted molar refractivity (Wildman–Crippen MR) is 130 cm³/mol. The number of fused-ring (bicyclic) bond motifs is 1. The number of nitrogens with zero attached hydrogens (tertiary/aromatic N) is 5. The fraction of sp³-hybridized carbons (Fsp3) is 0.308. The Morgan fingerprint density at radius 3 is 2.86 bits per heavy atom. The van der Waals surface area contributed by atoms with Crippen molar-refractivity contribution in [2.45, 2.75) is 25.3 Å². The molecule has 1 aliphatic rings. The Morgan fingerprint density at radius 2 is 2.08 bits per heavy atom. The molecular weight excluding hydrogens is 468 g/mol. The molecule has 0 amide bonds. The summed E-state index contributed by atoms with van der Waals surface area (Å²) < 4.78 is 36.4. The Hall–Kier alpha value is -3.92. The minimum atomic E-state index is -0.575. The summed E-state index contributed by atoms with van der Waals surface area (Å²) >= 11 is 0. The van der Waals surface area contributed by atoms with Gasteiger partial charge in [-0.1, -0.05) is 6.07 Å². The minimum absolute atomic E-state index is 0.0183. The Balaban J connectivity index is 1.56. The Kier molecular flexibility index (Phi) is 6.36. The standard InChI is InChI=1S/C26H25F2N5O3/c1-32-25-17(13-30-32)24(33-10-4-5-16(33)14-34)15(11-19(25)28)12-21(35)20-8-9-29-26(31-20)23-18(27)6-3-7-22(23)36-2/h3,6-9,11,13,16,34H,4-5,10,12,14H2,1-2H3/t16-/m1/s1. The number of carbonyl (C=O) groups is 1. The van der Waals surface area contributed by atoms with Gasteiger partial charge in [0.2, 0.25) is 0 Å². The van der Waals surface area contributed by atoms with Gasteiger partial charge in [0.25, 0.3) is 0 Å². The number of aliphatic hydroxyl groups excluding tert-OH is 1. The van der Waals surface area contributed by atoms with Crippen LogP contribution >= 0.6 is 0 Å². The van der Waals surface area contributed by atoms with Crippen LogP contribution in [0.25, 0.3) is 22.3 Å². The van der Waals surface area contributed by atoms with E-state index in [1.165, 1.54) is 42.3 Å². The third kappa shape index (κ3) is 4.07. The van der Waals surface area contributed by atoms with Gasteiger partial charge >= 0.3 is 0 Å². The lowest BCUT2D eigenvalue weighted by molar-refractivity contribution is 0.0988. The summed E-state index contributed by atoms with van der Waals surface area (Å²) in [5.74, 6) is -1.18. The quantitative estimate of drug-likeness (QED) is 0.393. The first-order valence-corrected chi connectivity index (χ1v) is 11.6. The van der Waals surface area contributed by atoms with Crippen molar-refractivity contribution in [3.8, 4) is 17.1 Å². The van der Waals surface area contributed by atoms with Gasteiger partial charge in [-0.2, -0.15) is 5.10 Å². The average Bonchev–Trinajstić information content (AvgIpc) is 3.51. The van der Waals surface area contributed by atoms with Crippen LogP contribution in [-0.4, -0.2) is 56.9 Å². The van der Waals surface area contributed by atoms with Gasteiger partial charge in [-0.05, 0) is 42.7 Å². The van der Waals surface area contributed by atoms with E-state index in [2.05, 4.69) is 15.1 Å². The van der Waals surface area contributed by atoms with Crippen LogP contribution in [-0.2, 0) is 13.5 Å². The summed E-state index contributed by atoms with van der Waals surface area (Å²) in [6, 6.07) is 7.03. The van der Waals surface area contributed by atoms with Crippen LogP contribution in [0.15, 0.2) is 42.7 Å². The summed E-state index contributed by atoms with van der Waals surface area (Å²) in [4.78, 5) is 23.9. The number of rotatable bonds is 7. The topological polar surface area (TPSA) is 93.4 Å². The molecule has 0 spiro atoms. The van der Waals surface area contributed by atoms with Crippen molar-refractivity contribution in [3.05, 3.63) is 65.6 Å². The SMILES string of the molecule is COc1cccc(F)c1-c1nccc(C(=O)Cc2cc(F)c3c(cnn3C)c2N2CCC[C@@H]2CO)n1. The zero-order valence-electron chi connectivity index (χ0n) is 19.9. The summed E-state index contributed by atoms with van der Waals surface area (Å²) in [7, 11) is 3.07. The summed E-state index contributed by atoms with van der Waals surface area (Å²) in [5, 5.41) is 14.7. The smallest absolute Gasteiger partial charge is 0.185 e. The number of hydrogen-bond donors (Lipinski definition) is 1. The van der Waals surface area contributed by atoms with Crippen molar-refractivity contribution < 1.29 is 23.4 Å². The molecule has 8 nitrogen and oxygen atoms in total. The van der Waals surface area contributed by atoms with Gasteiger partial charge in [-0.25, -0.2) is 18.7 Å². The Morgan fingerprint density at radius 1 is 1.25 bits per heavy atom. The number of carbonyl (C=O) groups excluding carboxylic acids is 1. The molecule has 0 radical (unpaired) electrons. The van der Waals surface area contributed by atoms with Crippen molar-refractivity contribution in [2.24, 2.45) is 7.05 Å². The fourth-order valence-electron chi connectivity index (χ4n) is 4.94. The molecule has 1 fully saturated rings. The molecule has 0 unspecified atom stereocenters. The van der Waals surface area contributed by atoms with Gasteiger partial charge in [0, 0.05) is 31.6 Å². The lowest BCUT2D eigenvalue weighted by Gasteiger charge is -2.28. The zero-order valence-corrected chi connectivity index (χ0v) is 19.9. The van der Waals surface area contributed by atoms with Crippen LogP contribution in [0.2, 0.25) is 0 Å². The number of anilines is 1. The van der Waals surface area contributed by atoms with Crippen molar-refractivity contribution >= 4 is 22.4 Å². The molecule has 0 bridgehead atoms. The lowest BCUT2D eigenvalue weighted by atomic mass is 10.00. The highest BCUT2D eigenvalue weighted by Gasteiger charge is 2.30. The van der Waals surface area contributed by atoms with Crippen molar-refractivity contribution in [1.29, 1.82) is 0 Å². The second kappa shape index (κ2) is 9.62. The molecule has 5 rings (SSSR count). The van der Waals surface area contributed by atoms with E-state index >= 15 is 4.39 Å².